The number of hydrogen-bond donors (Lipinski definition) is 7. The van der Waals surface area contributed by atoms with E-state index in [0.29, 0.717) is 6.42 Å². The highest BCUT2D eigenvalue weighted by molar-refractivity contribution is 6.39. The lowest BCUT2D eigenvalue weighted by Gasteiger charge is -2.50. The van der Waals surface area contributed by atoms with E-state index in [9.17, 15) is 0 Å². The van der Waals surface area contributed by atoms with Crippen molar-refractivity contribution in [2.75, 3.05) is 56.9 Å². The molecule has 9 fully saturated rings. The predicted octanol–water partition coefficient (Wildman–Crippen LogP) is 1.99. The summed E-state index contributed by atoms with van der Waals surface area (Å²) in [4.78, 5) is 0. The topological polar surface area (TPSA) is 161 Å². The Morgan fingerprint density at radius 1 is 0.328 bits per heavy atom. The van der Waals surface area contributed by atoms with Gasteiger partial charge in [0.2, 0.25) is 0 Å². The van der Waals surface area contributed by atoms with E-state index in [1.807, 2.05) is 0 Å². The van der Waals surface area contributed by atoms with Gasteiger partial charge in [-0.25, -0.2) is 0 Å². The molecule has 0 aromatic carbocycles. The average molecular weight is 1070 g/mol. The molecule has 16 nitrogen and oxygen atoms in total. The van der Waals surface area contributed by atoms with E-state index in [4.69, 9.17) is 131 Å². The van der Waals surface area contributed by atoms with E-state index in [-0.39, 0.29) is 71.2 Å². The highest BCUT2D eigenvalue weighted by Gasteiger charge is 2.68. The number of methoxy groups -OCH3 is 8. The molecule has 7 N–H and O–H groups in total. The zero-order valence-corrected chi connectivity index (χ0v) is 42.9. The van der Waals surface area contributed by atoms with Crippen LogP contribution in [-0.2, 0) is 37.9 Å². The highest BCUT2D eigenvalue weighted by atomic mass is 35.5. The third kappa shape index (κ3) is 7.92. The maximum atomic E-state index is 7.68. The molecule has 24 heteroatoms. The van der Waals surface area contributed by atoms with Crippen LogP contribution in [0.2, 0.25) is 0 Å². The number of rotatable bonds is 8. The van der Waals surface area contributed by atoms with Crippen molar-refractivity contribution in [1.82, 2.24) is 41.6 Å². The SMILES string of the molecule is COC1C(OC)C(OC)C2C3NC(NC4NC(NC5C6C(Cl)C(Cl)C(Cl)C(Cl)C6C(NC6NC(N3)C3C(OC)C(OC)C(OC)C(OC)C63)N5Cl)C3C(Cl)C(Cl)C(Cl)CC43)C2C1OC. The van der Waals surface area contributed by atoms with Crippen molar-refractivity contribution in [2.24, 2.45) is 47.3 Å². The third-order valence-corrected chi connectivity index (χ3v) is 21.6. The maximum Gasteiger partial charge on any atom is 0.112 e. The van der Waals surface area contributed by atoms with Crippen LogP contribution in [0.5, 0.6) is 0 Å². The molecule has 9 aliphatic rings. The van der Waals surface area contributed by atoms with Crippen LogP contribution < -0.4 is 37.2 Å². The molecular formula is C40H64Cl8N8O8. The third-order valence-electron chi connectivity index (χ3n) is 16.7. The lowest BCUT2D eigenvalue weighted by Crippen LogP contribution is -2.66. The Morgan fingerprint density at radius 3 is 0.938 bits per heavy atom. The second kappa shape index (κ2) is 20.3. The van der Waals surface area contributed by atoms with E-state index < -0.39 is 112 Å². The van der Waals surface area contributed by atoms with Crippen molar-refractivity contribution in [3.63, 3.8) is 0 Å². The molecule has 31 atom stereocenters. The van der Waals surface area contributed by atoms with Gasteiger partial charge in [-0.3, -0.25) is 37.2 Å². The first kappa shape index (κ1) is 50.6. The van der Waals surface area contributed by atoms with Gasteiger partial charge in [0.15, 0.2) is 0 Å². The summed E-state index contributed by atoms with van der Waals surface area (Å²) in [7, 11) is 13.5. The molecule has 0 spiro atoms. The molecule has 9 rings (SSSR count). The van der Waals surface area contributed by atoms with Crippen LogP contribution in [0.4, 0.5) is 0 Å². The van der Waals surface area contributed by atoms with Crippen LogP contribution in [0.25, 0.3) is 0 Å². The molecule has 0 aromatic heterocycles. The number of nitrogens with one attached hydrogen (secondary N) is 7. The van der Waals surface area contributed by atoms with Gasteiger partial charge in [0.1, 0.15) is 24.4 Å². The number of nitrogens with zero attached hydrogens (tertiary/aromatic N) is 1. The van der Waals surface area contributed by atoms with Crippen molar-refractivity contribution in [3.8, 4) is 0 Å². The molecule has 64 heavy (non-hydrogen) atoms. The van der Waals surface area contributed by atoms with Crippen LogP contribution >= 0.6 is 93.0 Å². The Bertz CT molecular complexity index is 1620. The average Bonchev–Trinajstić information content (AvgIpc) is 4.01. The van der Waals surface area contributed by atoms with Gasteiger partial charge < -0.3 is 37.9 Å². The van der Waals surface area contributed by atoms with Crippen molar-refractivity contribution in [1.29, 1.82) is 0 Å². The van der Waals surface area contributed by atoms with Crippen LogP contribution in [-0.4, -0.2) is 197 Å². The van der Waals surface area contributed by atoms with Crippen LogP contribution in [0, 0.1) is 47.3 Å². The second-order valence-electron chi connectivity index (χ2n) is 19.0. The van der Waals surface area contributed by atoms with Crippen molar-refractivity contribution in [3.05, 3.63) is 0 Å². The van der Waals surface area contributed by atoms with E-state index in [1.54, 1.807) is 61.3 Å². The van der Waals surface area contributed by atoms with E-state index >= 15 is 0 Å². The molecule has 5 heterocycles. The van der Waals surface area contributed by atoms with Crippen LogP contribution in [0.15, 0.2) is 0 Å². The summed E-state index contributed by atoms with van der Waals surface area (Å²) in [5.41, 5.74) is 0. The molecule has 0 amide bonds. The minimum Gasteiger partial charge on any atom is -0.378 e. The molecule has 31 unspecified atom stereocenters. The monoisotopic (exact) mass is 1060 g/mol. The quantitative estimate of drug-likeness (QED) is 0.140. The van der Waals surface area contributed by atoms with Gasteiger partial charge in [0.25, 0.3) is 0 Å². The number of hydrogen-bond acceptors (Lipinski definition) is 16. The largest absolute Gasteiger partial charge is 0.378 e. The van der Waals surface area contributed by atoms with Crippen molar-refractivity contribution in [2.45, 2.75) is 142 Å². The minimum absolute atomic E-state index is 0.0659. The lowest BCUT2D eigenvalue weighted by molar-refractivity contribution is -0.218. The molecule has 5 aliphatic heterocycles. The zero-order chi connectivity index (χ0) is 45.8. The summed E-state index contributed by atoms with van der Waals surface area (Å²) >= 11 is 58.0. The summed E-state index contributed by atoms with van der Waals surface area (Å²) in [5, 5.41) is 23.9. The van der Waals surface area contributed by atoms with Crippen molar-refractivity contribution < 1.29 is 37.9 Å². The van der Waals surface area contributed by atoms with Crippen LogP contribution in [0.3, 0.4) is 0 Å². The normalized spacial score (nSPS) is 58.4. The van der Waals surface area contributed by atoms with E-state index in [0.717, 1.165) is 0 Å². The minimum atomic E-state index is -0.651. The van der Waals surface area contributed by atoms with E-state index in [1.165, 1.54) is 0 Å². The van der Waals surface area contributed by atoms with Crippen LogP contribution in [0.1, 0.15) is 6.42 Å². The van der Waals surface area contributed by atoms with Gasteiger partial charge in [0, 0.05) is 98.3 Å². The fraction of sp³-hybridized carbons (Fsp3) is 1.00. The fourth-order valence-electron chi connectivity index (χ4n) is 14.2. The zero-order valence-electron chi connectivity index (χ0n) is 36.8. The van der Waals surface area contributed by atoms with Gasteiger partial charge in [0.05, 0.1) is 111 Å². The summed E-state index contributed by atoms with van der Waals surface area (Å²) < 4.78 is 52.3. The molecule has 0 aromatic rings. The molecule has 368 valence electrons. The number of halogens is 8. The molecule has 8 bridgehead atoms. The second-order valence-corrected chi connectivity index (χ2v) is 23.0. The Morgan fingerprint density at radius 2 is 0.609 bits per heavy atom. The van der Waals surface area contributed by atoms with Gasteiger partial charge in [-0.1, -0.05) is 0 Å². The number of ether oxygens (including phenoxy) is 8. The van der Waals surface area contributed by atoms with Gasteiger partial charge in [-0.05, 0) is 24.1 Å². The summed E-state index contributed by atoms with van der Waals surface area (Å²) in [6.45, 7) is 0. The fourth-order valence-corrected chi connectivity index (χ4v) is 17.5. The number of alkyl halides is 7. The Labute approximate surface area is 416 Å². The van der Waals surface area contributed by atoms with Gasteiger partial charge >= 0.3 is 0 Å². The first-order chi connectivity index (χ1) is 30.7. The van der Waals surface area contributed by atoms with Gasteiger partial charge in [-0.15, -0.1) is 81.2 Å². The molecule has 4 aliphatic carbocycles. The molecule has 0 radical (unpaired) electrons. The van der Waals surface area contributed by atoms with E-state index in [2.05, 4.69) is 37.2 Å². The standard InChI is InChI=1S/C40H64Cl8N8O8/c1-57-25-15-16(26(58-2)30(62-6)29(25)61-5)36-51-35(15)50-33-10-9-11(41)19(42)20(43)12(10)34(49-33)54-39-13-14(22(45)24(47)23(46)21(13)44)40(56(39)48)55-38-18-17(37(52-36)53-38)27(59-3)31(63-7)32(64-8)28(18)60-4/h10-40,49-55H,9H2,1-8H3. The Hall–Kier alpha value is 1.68. The highest BCUT2D eigenvalue weighted by Crippen LogP contribution is 2.54. The summed E-state index contributed by atoms with van der Waals surface area (Å²) in [6, 6.07) is 0. The van der Waals surface area contributed by atoms with Gasteiger partial charge in [-0.2, -0.15) is 4.42 Å². The Balaban J connectivity index is 1.20. The summed E-state index contributed by atoms with van der Waals surface area (Å²) in [6.07, 6.45) is -6.57. The summed E-state index contributed by atoms with van der Waals surface area (Å²) in [5.74, 6) is -1.97. The molecule has 4 saturated carbocycles. The maximum absolute atomic E-state index is 7.68. The molecule has 5 saturated heterocycles. The smallest absolute Gasteiger partial charge is 0.112 e. The number of fused-ring (bicyclic) bond motifs is 20. The molecular weight excluding hydrogens is 1000 g/mol. The first-order valence-corrected chi connectivity index (χ1v) is 25.6. The lowest BCUT2D eigenvalue weighted by atomic mass is 9.70. The Kier molecular flexibility index (Phi) is 16.1. The predicted molar refractivity (Wildman–Crippen MR) is 246 cm³/mol. The first-order valence-electron chi connectivity index (χ1n) is 22.2. The van der Waals surface area contributed by atoms with Crippen molar-refractivity contribution >= 4 is 93.0 Å².